The van der Waals surface area contributed by atoms with Crippen LogP contribution in [0.25, 0.3) is 0 Å². The van der Waals surface area contributed by atoms with Gasteiger partial charge >= 0.3 is 0 Å². The monoisotopic (exact) mass is 297 g/mol. The first-order chi connectivity index (χ1) is 9.40. The second-order valence-corrected chi connectivity index (χ2v) is 5.11. The Kier molecular flexibility index (Phi) is 4.30. The van der Waals surface area contributed by atoms with Gasteiger partial charge in [0.2, 0.25) is 0 Å². The van der Waals surface area contributed by atoms with Gasteiger partial charge in [-0.2, -0.15) is 5.10 Å². The van der Waals surface area contributed by atoms with Crippen LogP contribution in [0, 0.1) is 12.7 Å². The molecule has 2 rings (SSSR count). The highest BCUT2D eigenvalue weighted by atomic mass is 35.5. The molecular formula is C14H17ClFN3O. The van der Waals surface area contributed by atoms with E-state index in [0.717, 1.165) is 11.3 Å². The van der Waals surface area contributed by atoms with Crippen molar-refractivity contribution in [2.24, 2.45) is 12.8 Å². The summed E-state index contributed by atoms with van der Waals surface area (Å²) in [6, 6.07) is 4.49. The van der Waals surface area contributed by atoms with Crippen molar-refractivity contribution in [1.82, 2.24) is 9.78 Å². The second-order valence-electron chi connectivity index (χ2n) is 4.74. The summed E-state index contributed by atoms with van der Waals surface area (Å²) in [7, 11) is 1.77. The van der Waals surface area contributed by atoms with Crippen molar-refractivity contribution in [3.05, 3.63) is 46.0 Å². The molecule has 1 heterocycles. The highest BCUT2D eigenvalue weighted by molar-refractivity contribution is 6.31. The van der Waals surface area contributed by atoms with E-state index in [2.05, 4.69) is 5.10 Å². The quantitative estimate of drug-likeness (QED) is 0.943. The predicted octanol–water partition coefficient (Wildman–Crippen LogP) is 3.12. The van der Waals surface area contributed by atoms with Gasteiger partial charge in [0.15, 0.2) is 11.6 Å². The van der Waals surface area contributed by atoms with Crippen LogP contribution in [-0.2, 0) is 13.7 Å². The summed E-state index contributed by atoms with van der Waals surface area (Å²) >= 11 is 6.11. The zero-order chi connectivity index (χ0) is 14.9. The van der Waals surface area contributed by atoms with Gasteiger partial charge in [-0.3, -0.25) is 4.68 Å². The lowest BCUT2D eigenvalue weighted by atomic mass is 10.1. The molecule has 1 aromatic carbocycles. The van der Waals surface area contributed by atoms with Crippen LogP contribution in [0.2, 0.25) is 5.02 Å². The molecule has 0 aliphatic carbocycles. The van der Waals surface area contributed by atoms with Gasteiger partial charge in [0, 0.05) is 13.1 Å². The van der Waals surface area contributed by atoms with E-state index in [4.69, 9.17) is 22.1 Å². The van der Waals surface area contributed by atoms with Gasteiger partial charge in [0.05, 0.1) is 16.4 Å². The topological polar surface area (TPSA) is 53.1 Å². The molecule has 1 unspecified atom stereocenters. The van der Waals surface area contributed by atoms with Gasteiger partial charge in [-0.25, -0.2) is 4.39 Å². The maximum absolute atomic E-state index is 13.9. The van der Waals surface area contributed by atoms with E-state index in [1.165, 1.54) is 6.07 Å². The van der Waals surface area contributed by atoms with E-state index in [1.807, 2.05) is 6.92 Å². The van der Waals surface area contributed by atoms with Crippen molar-refractivity contribution in [1.29, 1.82) is 0 Å². The maximum Gasteiger partial charge on any atom is 0.165 e. The fourth-order valence-corrected chi connectivity index (χ4v) is 2.12. The molecule has 0 spiro atoms. The minimum atomic E-state index is -0.435. The SMILES string of the molecule is Cc1nn(C)c(COc2ccc(C(C)N)cc2F)c1Cl. The third-order valence-electron chi connectivity index (χ3n) is 3.11. The number of halogens is 2. The molecule has 108 valence electrons. The van der Waals surface area contributed by atoms with Crippen LogP contribution in [0.3, 0.4) is 0 Å². The molecule has 20 heavy (non-hydrogen) atoms. The summed E-state index contributed by atoms with van der Waals surface area (Å²) in [5.41, 5.74) is 7.86. The number of hydrogen-bond acceptors (Lipinski definition) is 3. The van der Waals surface area contributed by atoms with Crippen molar-refractivity contribution in [3.63, 3.8) is 0 Å². The number of benzene rings is 1. The smallest absolute Gasteiger partial charge is 0.165 e. The molecule has 0 amide bonds. The Hall–Kier alpha value is -1.59. The molecule has 0 saturated carbocycles. The molecule has 0 aliphatic rings. The molecule has 1 aromatic heterocycles. The van der Waals surface area contributed by atoms with Crippen LogP contribution >= 0.6 is 11.6 Å². The zero-order valence-corrected chi connectivity index (χ0v) is 12.4. The van der Waals surface area contributed by atoms with Gasteiger partial charge < -0.3 is 10.5 Å². The lowest BCUT2D eigenvalue weighted by Crippen LogP contribution is -2.07. The normalized spacial score (nSPS) is 12.5. The Morgan fingerprint density at radius 1 is 1.50 bits per heavy atom. The van der Waals surface area contributed by atoms with Crippen LogP contribution in [0.5, 0.6) is 5.75 Å². The number of rotatable bonds is 4. The van der Waals surface area contributed by atoms with Gasteiger partial charge in [0.25, 0.3) is 0 Å². The van der Waals surface area contributed by atoms with Crippen LogP contribution in [-0.4, -0.2) is 9.78 Å². The van der Waals surface area contributed by atoms with Crippen molar-refractivity contribution in [3.8, 4) is 5.75 Å². The van der Waals surface area contributed by atoms with Crippen molar-refractivity contribution in [2.45, 2.75) is 26.5 Å². The Morgan fingerprint density at radius 3 is 2.70 bits per heavy atom. The Labute approximate surface area is 122 Å². The lowest BCUT2D eigenvalue weighted by molar-refractivity contribution is 0.280. The minimum absolute atomic E-state index is 0.157. The fourth-order valence-electron chi connectivity index (χ4n) is 1.90. The third-order valence-corrected chi connectivity index (χ3v) is 3.60. The molecule has 1 atom stereocenters. The number of ether oxygens (including phenoxy) is 1. The predicted molar refractivity (Wildman–Crippen MR) is 76.3 cm³/mol. The van der Waals surface area contributed by atoms with Gasteiger partial charge in [-0.15, -0.1) is 0 Å². The average Bonchev–Trinajstić information content (AvgIpc) is 2.62. The Balaban J connectivity index is 2.15. The van der Waals surface area contributed by atoms with E-state index in [9.17, 15) is 4.39 Å². The number of aryl methyl sites for hydroxylation is 2. The van der Waals surface area contributed by atoms with E-state index in [1.54, 1.807) is 30.8 Å². The maximum atomic E-state index is 13.9. The van der Waals surface area contributed by atoms with Crippen molar-refractivity contribution >= 4 is 11.6 Å². The van der Waals surface area contributed by atoms with Crippen LogP contribution < -0.4 is 10.5 Å². The molecule has 0 bridgehead atoms. The highest BCUT2D eigenvalue weighted by Crippen LogP contribution is 2.24. The first-order valence-electron chi connectivity index (χ1n) is 6.26. The largest absolute Gasteiger partial charge is 0.484 e. The van der Waals surface area contributed by atoms with Gasteiger partial charge in [-0.05, 0) is 31.5 Å². The fraction of sp³-hybridized carbons (Fsp3) is 0.357. The summed E-state index contributed by atoms with van der Waals surface area (Å²) in [4.78, 5) is 0. The average molecular weight is 298 g/mol. The molecule has 0 fully saturated rings. The molecule has 4 nitrogen and oxygen atoms in total. The summed E-state index contributed by atoms with van der Waals surface area (Å²) < 4.78 is 21.0. The molecule has 0 aliphatic heterocycles. The molecular weight excluding hydrogens is 281 g/mol. The van der Waals surface area contributed by atoms with E-state index >= 15 is 0 Å². The van der Waals surface area contributed by atoms with Crippen LogP contribution in [0.4, 0.5) is 4.39 Å². The van der Waals surface area contributed by atoms with Gasteiger partial charge in [0.1, 0.15) is 6.61 Å². The molecule has 0 radical (unpaired) electrons. The second kappa shape index (κ2) is 5.81. The first-order valence-corrected chi connectivity index (χ1v) is 6.63. The lowest BCUT2D eigenvalue weighted by Gasteiger charge is -2.10. The number of aromatic nitrogens is 2. The molecule has 2 N–H and O–H groups in total. The highest BCUT2D eigenvalue weighted by Gasteiger charge is 2.13. The van der Waals surface area contributed by atoms with Crippen LogP contribution in [0.15, 0.2) is 18.2 Å². The van der Waals surface area contributed by atoms with Gasteiger partial charge in [-0.1, -0.05) is 17.7 Å². The number of nitrogens with zero attached hydrogens (tertiary/aromatic N) is 2. The molecule has 2 aromatic rings. The zero-order valence-electron chi connectivity index (χ0n) is 11.7. The van der Waals surface area contributed by atoms with E-state index < -0.39 is 5.82 Å². The van der Waals surface area contributed by atoms with E-state index in [0.29, 0.717) is 10.7 Å². The Morgan fingerprint density at radius 2 is 2.20 bits per heavy atom. The summed E-state index contributed by atoms with van der Waals surface area (Å²) in [5, 5.41) is 4.72. The summed E-state index contributed by atoms with van der Waals surface area (Å²) in [5.74, 6) is -0.265. The summed E-state index contributed by atoms with van der Waals surface area (Å²) in [6.07, 6.45) is 0. The summed E-state index contributed by atoms with van der Waals surface area (Å²) in [6.45, 7) is 3.77. The van der Waals surface area contributed by atoms with Crippen molar-refractivity contribution in [2.75, 3.05) is 0 Å². The standard InChI is InChI=1S/C14H17ClFN3O/c1-8(17)10-4-5-13(11(16)6-10)20-7-12-14(15)9(2)18-19(12)3/h4-6,8H,7,17H2,1-3H3. The van der Waals surface area contributed by atoms with Crippen LogP contribution in [0.1, 0.15) is 29.9 Å². The number of nitrogens with two attached hydrogens (primary N) is 1. The third kappa shape index (κ3) is 2.94. The van der Waals surface area contributed by atoms with E-state index in [-0.39, 0.29) is 18.4 Å². The number of hydrogen-bond donors (Lipinski definition) is 1. The molecule has 0 saturated heterocycles. The molecule has 6 heteroatoms. The van der Waals surface area contributed by atoms with Crippen molar-refractivity contribution < 1.29 is 9.13 Å². The minimum Gasteiger partial charge on any atom is -0.484 e. The first kappa shape index (κ1) is 14.8. The Bertz CT molecular complexity index is 625.